The van der Waals surface area contributed by atoms with Crippen molar-refractivity contribution in [2.45, 2.75) is 39.9 Å². The molecule has 0 aromatic heterocycles. The summed E-state index contributed by atoms with van der Waals surface area (Å²) in [6.45, 7) is 7.26. The van der Waals surface area contributed by atoms with Crippen molar-refractivity contribution in [3.8, 4) is 11.1 Å². The second-order valence-corrected chi connectivity index (χ2v) is 7.42. The number of halogens is 1. The summed E-state index contributed by atoms with van der Waals surface area (Å²) in [6, 6.07) is 12.7. The summed E-state index contributed by atoms with van der Waals surface area (Å²) >= 11 is 2.16. The first-order valence-corrected chi connectivity index (χ1v) is 9.17. The fraction of sp³-hybridized carbons (Fsp3) is 0.300. The van der Waals surface area contributed by atoms with E-state index in [-0.39, 0.29) is 24.1 Å². The molecular weight excluding hydrogens is 431 g/mol. The second-order valence-electron chi connectivity index (χ2n) is 6.18. The van der Waals surface area contributed by atoms with Gasteiger partial charge in [-0.15, -0.1) is 0 Å². The highest BCUT2D eigenvalue weighted by molar-refractivity contribution is 14.1. The quantitative estimate of drug-likeness (QED) is 0.469. The number of hydrogen-bond acceptors (Lipinski definition) is 4. The lowest BCUT2D eigenvalue weighted by Gasteiger charge is -2.13. The molecule has 0 unspecified atom stereocenters. The number of ether oxygens (including phenoxy) is 2. The molecule has 2 rings (SSSR count). The molecule has 0 aliphatic carbocycles. The standard InChI is InChI=1S/C20H21IO4/c1-12(2)24-19(22)15-7-5-14(6-8-15)17-10-9-16(21)11-18(17)20(23)25-13(3)4/h5-13H,1-4H3. The van der Waals surface area contributed by atoms with Gasteiger partial charge >= 0.3 is 11.9 Å². The van der Waals surface area contributed by atoms with Gasteiger partial charge in [0.15, 0.2) is 0 Å². The number of hydrogen-bond donors (Lipinski definition) is 0. The molecule has 0 heterocycles. The van der Waals surface area contributed by atoms with Gasteiger partial charge < -0.3 is 9.47 Å². The summed E-state index contributed by atoms with van der Waals surface area (Å²) in [7, 11) is 0. The van der Waals surface area contributed by atoms with E-state index in [0.717, 1.165) is 14.7 Å². The van der Waals surface area contributed by atoms with E-state index in [2.05, 4.69) is 22.6 Å². The molecule has 132 valence electrons. The molecule has 0 radical (unpaired) electrons. The molecule has 2 aromatic carbocycles. The molecule has 0 bridgehead atoms. The fourth-order valence-electron chi connectivity index (χ4n) is 2.28. The molecule has 0 N–H and O–H groups in total. The van der Waals surface area contributed by atoms with Crippen LogP contribution in [0, 0.1) is 3.57 Å². The molecule has 0 aliphatic heterocycles. The van der Waals surface area contributed by atoms with Crippen LogP contribution in [0.3, 0.4) is 0 Å². The Kier molecular flexibility index (Phi) is 6.58. The van der Waals surface area contributed by atoms with E-state index in [1.165, 1.54) is 0 Å². The largest absolute Gasteiger partial charge is 0.459 e. The predicted octanol–water partition coefficient (Wildman–Crippen LogP) is 5.09. The Morgan fingerprint density at radius 3 is 1.96 bits per heavy atom. The zero-order valence-corrected chi connectivity index (χ0v) is 16.9. The van der Waals surface area contributed by atoms with Gasteiger partial charge in [-0.2, -0.15) is 0 Å². The van der Waals surface area contributed by atoms with E-state index < -0.39 is 0 Å². The SMILES string of the molecule is CC(C)OC(=O)c1ccc(-c2ccc(I)cc2C(=O)OC(C)C)cc1. The van der Waals surface area contributed by atoms with Gasteiger partial charge in [-0.05, 0) is 85.7 Å². The van der Waals surface area contributed by atoms with Crippen molar-refractivity contribution in [3.05, 3.63) is 57.2 Å². The zero-order chi connectivity index (χ0) is 18.6. The molecule has 0 saturated heterocycles. The highest BCUT2D eigenvalue weighted by atomic mass is 127. The maximum absolute atomic E-state index is 12.4. The summed E-state index contributed by atoms with van der Waals surface area (Å²) < 4.78 is 11.5. The van der Waals surface area contributed by atoms with Crippen LogP contribution in [0.15, 0.2) is 42.5 Å². The summed E-state index contributed by atoms with van der Waals surface area (Å²) in [4.78, 5) is 24.3. The monoisotopic (exact) mass is 452 g/mol. The predicted molar refractivity (Wildman–Crippen MR) is 106 cm³/mol. The van der Waals surface area contributed by atoms with Gasteiger partial charge in [0, 0.05) is 3.57 Å². The molecule has 0 fully saturated rings. The molecule has 0 saturated carbocycles. The van der Waals surface area contributed by atoms with E-state index in [1.54, 1.807) is 12.1 Å². The Bertz CT molecular complexity index is 764. The number of rotatable bonds is 5. The summed E-state index contributed by atoms with van der Waals surface area (Å²) in [5, 5.41) is 0. The van der Waals surface area contributed by atoms with Crippen LogP contribution in [-0.2, 0) is 9.47 Å². The van der Waals surface area contributed by atoms with E-state index in [1.807, 2.05) is 58.0 Å². The average molecular weight is 452 g/mol. The van der Waals surface area contributed by atoms with Gasteiger partial charge in [0.2, 0.25) is 0 Å². The number of carbonyl (C=O) groups excluding carboxylic acids is 2. The minimum absolute atomic E-state index is 0.166. The Morgan fingerprint density at radius 1 is 0.840 bits per heavy atom. The van der Waals surface area contributed by atoms with E-state index in [4.69, 9.17) is 9.47 Å². The summed E-state index contributed by atoms with van der Waals surface area (Å²) in [5.74, 6) is -0.713. The Labute approximate surface area is 161 Å². The van der Waals surface area contributed by atoms with E-state index >= 15 is 0 Å². The van der Waals surface area contributed by atoms with Gasteiger partial charge in [0.25, 0.3) is 0 Å². The van der Waals surface area contributed by atoms with Gasteiger partial charge in [-0.25, -0.2) is 9.59 Å². The van der Waals surface area contributed by atoms with Crippen molar-refractivity contribution in [1.82, 2.24) is 0 Å². The van der Waals surface area contributed by atoms with Crippen LogP contribution in [0.25, 0.3) is 11.1 Å². The maximum Gasteiger partial charge on any atom is 0.339 e. The van der Waals surface area contributed by atoms with Gasteiger partial charge in [-0.1, -0.05) is 18.2 Å². The van der Waals surface area contributed by atoms with E-state index in [9.17, 15) is 9.59 Å². The van der Waals surface area contributed by atoms with Crippen LogP contribution in [0.5, 0.6) is 0 Å². The molecular formula is C20H21IO4. The molecule has 0 spiro atoms. The Morgan fingerprint density at radius 2 is 1.40 bits per heavy atom. The van der Waals surface area contributed by atoms with Crippen molar-refractivity contribution in [1.29, 1.82) is 0 Å². The van der Waals surface area contributed by atoms with Crippen LogP contribution >= 0.6 is 22.6 Å². The van der Waals surface area contributed by atoms with Crippen molar-refractivity contribution < 1.29 is 19.1 Å². The number of esters is 2. The van der Waals surface area contributed by atoms with Crippen LogP contribution in [0.4, 0.5) is 0 Å². The van der Waals surface area contributed by atoms with Gasteiger partial charge in [0.05, 0.1) is 23.3 Å². The third-order valence-corrected chi connectivity index (χ3v) is 3.99. The number of benzene rings is 2. The Hall–Kier alpha value is -1.89. The molecule has 0 aliphatic rings. The van der Waals surface area contributed by atoms with E-state index in [0.29, 0.717) is 11.1 Å². The molecule has 4 nitrogen and oxygen atoms in total. The lowest BCUT2D eigenvalue weighted by molar-refractivity contribution is 0.0367. The minimum Gasteiger partial charge on any atom is -0.459 e. The van der Waals surface area contributed by atoms with Crippen LogP contribution < -0.4 is 0 Å². The average Bonchev–Trinajstić information content (AvgIpc) is 2.53. The molecule has 0 amide bonds. The van der Waals surface area contributed by atoms with Crippen LogP contribution in [0.2, 0.25) is 0 Å². The molecule has 5 heteroatoms. The highest BCUT2D eigenvalue weighted by Gasteiger charge is 2.17. The molecule has 25 heavy (non-hydrogen) atoms. The molecule has 2 aromatic rings. The fourth-order valence-corrected chi connectivity index (χ4v) is 2.77. The third kappa shape index (κ3) is 5.29. The Balaban J connectivity index is 2.35. The summed E-state index contributed by atoms with van der Waals surface area (Å²) in [6.07, 6.45) is -0.354. The van der Waals surface area contributed by atoms with Crippen molar-refractivity contribution in [2.75, 3.05) is 0 Å². The maximum atomic E-state index is 12.4. The summed E-state index contributed by atoms with van der Waals surface area (Å²) in [5.41, 5.74) is 2.61. The molecule has 0 atom stereocenters. The van der Waals surface area contributed by atoms with Crippen molar-refractivity contribution in [2.24, 2.45) is 0 Å². The van der Waals surface area contributed by atoms with Crippen LogP contribution in [-0.4, -0.2) is 24.1 Å². The lowest BCUT2D eigenvalue weighted by atomic mass is 9.98. The van der Waals surface area contributed by atoms with Gasteiger partial charge in [-0.3, -0.25) is 0 Å². The van der Waals surface area contributed by atoms with Crippen molar-refractivity contribution >= 4 is 34.5 Å². The lowest BCUT2D eigenvalue weighted by Crippen LogP contribution is -2.13. The topological polar surface area (TPSA) is 52.6 Å². The highest BCUT2D eigenvalue weighted by Crippen LogP contribution is 2.27. The van der Waals surface area contributed by atoms with Crippen molar-refractivity contribution in [3.63, 3.8) is 0 Å². The third-order valence-electron chi connectivity index (χ3n) is 3.32. The second kappa shape index (κ2) is 8.47. The number of carbonyl (C=O) groups is 2. The van der Waals surface area contributed by atoms with Crippen LogP contribution in [0.1, 0.15) is 48.4 Å². The van der Waals surface area contributed by atoms with Gasteiger partial charge in [0.1, 0.15) is 0 Å². The first-order chi connectivity index (χ1) is 11.8. The zero-order valence-electron chi connectivity index (χ0n) is 14.7. The first-order valence-electron chi connectivity index (χ1n) is 8.10. The smallest absolute Gasteiger partial charge is 0.339 e. The normalized spacial score (nSPS) is 10.8. The minimum atomic E-state index is -0.358. The first kappa shape index (κ1) is 19.4.